The highest BCUT2D eigenvalue weighted by Gasteiger charge is 2.50. The third-order valence-electron chi connectivity index (χ3n) is 7.12. The van der Waals surface area contributed by atoms with Gasteiger partial charge in [0.2, 0.25) is 0 Å². The maximum absolute atomic E-state index is 12.4. The molecule has 1 aliphatic rings. The molecular formula is C32H47NO6Si. The molecule has 1 unspecified atom stereocenters. The molecule has 0 bridgehead atoms. The quantitative estimate of drug-likeness (QED) is 0.270. The molecule has 0 aromatic heterocycles. The predicted molar refractivity (Wildman–Crippen MR) is 161 cm³/mol. The van der Waals surface area contributed by atoms with Gasteiger partial charge in [-0.25, -0.2) is 4.79 Å². The Hall–Kier alpha value is -2.52. The van der Waals surface area contributed by atoms with Crippen molar-refractivity contribution >= 4 is 30.6 Å². The van der Waals surface area contributed by atoms with Crippen LogP contribution in [0.2, 0.25) is 5.04 Å². The number of benzene rings is 2. The molecule has 0 spiro atoms. The van der Waals surface area contributed by atoms with E-state index in [9.17, 15) is 9.59 Å². The predicted octanol–water partition coefficient (Wildman–Crippen LogP) is 4.81. The second-order valence-corrected chi connectivity index (χ2v) is 16.7. The molecule has 0 N–H and O–H groups in total. The first-order valence-corrected chi connectivity index (χ1v) is 16.3. The first-order valence-electron chi connectivity index (χ1n) is 14.4. The summed E-state index contributed by atoms with van der Waals surface area (Å²) in [6.07, 6.45) is 0.576. The van der Waals surface area contributed by atoms with E-state index in [1.807, 2.05) is 32.9 Å². The summed E-state index contributed by atoms with van der Waals surface area (Å²) >= 11 is 0. The fourth-order valence-corrected chi connectivity index (χ4v) is 9.76. The Morgan fingerprint density at radius 3 is 1.88 bits per heavy atom. The van der Waals surface area contributed by atoms with Crippen molar-refractivity contribution in [2.24, 2.45) is 5.92 Å². The van der Waals surface area contributed by atoms with Gasteiger partial charge in [0, 0.05) is 32.0 Å². The second kappa shape index (κ2) is 14.4. The molecule has 1 aliphatic heterocycles. The van der Waals surface area contributed by atoms with Gasteiger partial charge in [-0.15, -0.1) is 0 Å². The van der Waals surface area contributed by atoms with Gasteiger partial charge in [-0.1, -0.05) is 81.4 Å². The lowest BCUT2D eigenvalue weighted by atomic mass is 9.94. The van der Waals surface area contributed by atoms with E-state index < -0.39 is 13.9 Å². The smallest absolute Gasteiger partial charge is 0.410 e. The number of nitrogens with zero attached hydrogens (tertiary/aromatic N) is 1. The molecule has 0 aliphatic carbocycles. The molecule has 1 amide bonds. The average molecular weight is 570 g/mol. The van der Waals surface area contributed by atoms with Crippen molar-refractivity contribution in [3.05, 3.63) is 60.7 Å². The van der Waals surface area contributed by atoms with E-state index in [-0.39, 0.29) is 22.8 Å². The van der Waals surface area contributed by atoms with Gasteiger partial charge in [-0.3, -0.25) is 4.79 Å². The van der Waals surface area contributed by atoms with E-state index in [4.69, 9.17) is 18.6 Å². The average Bonchev–Trinajstić information content (AvgIpc) is 2.90. The highest BCUT2D eigenvalue weighted by Crippen LogP contribution is 2.36. The fourth-order valence-electron chi connectivity index (χ4n) is 5.22. The van der Waals surface area contributed by atoms with E-state index in [0.29, 0.717) is 59.0 Å². The van der Waals surface area contributed by atoms with Crippen LogP contribution in [-0.2, 0) is 23.4 Å². The third-order valence-corrected chi connectivity index (χ3v) is 12.2. The number of Topliss-reactive ketones (excluding diaryl/α,β-unsaturated/α-hetero) is 1. The van der Waals surface area contributed by atoms with Gasteiger partial charge in [0.15, 0.2) is 0 Å². The molecule has 1 saturated heterocycles. The van der Waals surface area contributed by atoms with Crippen molar-refractivity contribution < 1.29 is 28.2 Å². The number of amides is 1. The SMILES string of the molecule is CC(C)(C)OC(=O)N1CCC(=O)C(CCOCCOCCO[Si](c2ccccc2)(c2ccccc2)C(C)(C)C)C1. The molecular weight excluding hydrogens is 522 g/mol. The lowest BCUT2D eigenvalue weighted by Gasteiger charge is -2.43. The van der Waals surface area contributed by atoms with E-state index in [1.54, 1.807) is 4.90 Å². The minimum atomic E-state index is -2.56. The number of ether oxygens (including phenoxy) is 3. The molecule has 220 valence electrons. The molecule has 2 aromatic carbocycles. The lowest BCUT2D eigenvalue weighted by Crippen LogP contribution is -2.66. The monoisotopic (exact) mass is 569 g/mol. The maximum atomic E-state index is 12.4. The van der Waals surface area contributed by atoms with Crippen molar-refractivity contribution in [1.29, 1.82) is 0 Å². The van der Waals surface area contributed by atoms with Crippen LogP contribution in [-0.4, -0.2) is 76.8 Å². The zero-order chi connectivity index (χ0) is 29.2. The summed E-state index contributed by atoms with van der Waals surface area (Å²) in [4.78, 5) is 26.4. The minimum Gasteiger partial charge on any atom is -0.444 e. The van der Waals surface area contributed by atoms with E-state index in [0.717, 1.165) is 0 Å². The van der Waals surface area contributed by atoms with Crippen LogP contribution in [0.1, 0.15) is 54.4 Å². The van der Waals surface area contributed by atoms with Gasteiger partial charge in [-0.2, -0.15) is 0 Å². The fraction of sp³-hybridized carbons (Fsp3) is 0.562. The van der Waals surface area contributed by atoms with Crippen molar-refractivity contribution in [3.63, 3.8) is 0 Å². The molecule has 1 heterocycles. The highest BCUT2D eigenvalue weighted by molar-refractivity contribution is 6.99. The molecule has 40 heavy (non-hydrogen) atoms. The summed E-state index contributed by atoms with van der Waals surface area (Å²) in [6, 6.07) is 21.1. The Morgan fingerprint density at radius 1 is 0.825 bits per heavy atom. The first-order chi connectivity index (χ1) is 18.9. The molecule has 1 atom stereocenters. The van der Waals surface area contributed by atoms with Gasteiger partial charge >= 0.3 is 6.09 Å². The van der Waals surface area contributed by atoms with Crippen LogP contribution in [0.5, 0.6) is 0 Å². The first kappa shape index (κ1) is 32.0. The van der Waals surface area contributed by atoms with Crippen molar-refractivity contribution in [1.82, 2.24) is 4.90 Å². The third kappa shape index (κ3) is 8.74. The second-order valence-electron chi connectivity index (χ2n) is 12.4. The number of rotatable bonds is 12. The molecule has 0 radical (unpaired) electrons. The Bertz CT molecular complexity index is 1020. The van der Waals surface area contributed by atoms with Gasteiger partial charge < -0.3 is 23.5 Å². The molecule has 2 aromatic rings. The summed E-state index contributed by atoms with van der Waals surface area (Å²) in [5, 5.41) is 2.42. The number of carbonyl (C=O) groups excluding carboxylic acids is 2. The van der Waals surface area contributed by atoms with Crippen LogP contribution in [0.15, 0.2) is 60.7 Å². The summed E-state index contributed by atoms with van der Waals surface area (Å²) in [5.41, 5.74) is -0.554. The van der Waals surface area contributed by atoms with Crippen LogP contribution >= 0.6 is 0 Å². The number of likely N-dealkylation sites (tertiary alicyclic amines) is 1. The van der Waals surface area contributed by atoms with Crippen LogP contribution in [0.4, 0.5) is 4.79 Å². The summed E-state index contributed by atoms with van der Waals surface area (Å²) in [5.74, 6) is -0.0397. The Balaban J connectivity index is 1.43. The Morgan fingerprint density at radius 2 is 1.35 bits per heavy atom. The maximum Gasteiger partial charge on any atom is 0.410 e. The molecule has 3 rings (SSSR count). The molecule has 8 heteroatoms. The Labute approximate surface area is 241 Å². The zero-order valence-electron chi connectivity index (χ0n) is 25.1. The Kier molecular flexibility index (Phi) is 11.5. The largest absolute Gasteiger partial charge is 0.444 e. The zero-order valence-corrected chi connectivity index (χ0v) is 26.1. The molecule has 7 nitrogen and oxygen atoms in total. The molecule has 0 saturated carbocycles. The number of ketones is 1. The van der Waals surface area contributed by atoms with Crippen LogP contribution < -0.4 is 10.4 Å². The number of hydrogen-bond acceptors (Lipinski definition) is 6. The van der Waals surface area contributed by atoms with Crippen molar-refractivity contribution in [2.45, 2.75) is 65.0 Å². The number of hydrogen-bond donors (Lipinski definition) is 0. The van der Waals surface area contributed by atoms with E-state index >= 15 is 0 Å². The summed E-state index contributed by atoms with van der Waals surface area (Å²) < 4.78 is 23.9. The van der Waals surface area contributed by atoms with Crippen LogP contribution in [0.25, 0.3) is 0 Å². The van der Waals surface area contributed by atoms with Gasteiger partial charge in [-0.05, 0) is 42.6 Å². The van der Waals surface area contributed by atoms with Crippen LogP contribution in [0, 0.1) is 5.92 Å². The normalized spacial score (nSPS) is 16.7. The van der Waals surface area contributed by atoms with Gasteiger partial charge in [0.1, 0.15) is 11.4 Å². The van der Waals surface area contributed by atoms with Gasteiger partial charge in [0.25, 0.3) is 8.32 Å². The highest BCUT2D eigenvalue weighted by atomic mass is 28.4. The number of carbonyl (C=O) groups is 2. The van der Waals surface area contributed by atoms with E-state index in [1.165, 1.54) is 10.4 Å². The number of piperidine rings is 1. The summed E-state index contributed by atoms with van der Waals surface area (Å²) in [6.45, 7) is 15.4. The van der Waals surface area contributed by atoms with Gasteiger partial charge in [0.05, 0.1) is 26.4 Å². The van der Waals surface area contributed by atoms with Crippen molar-refractivity contribution in [3.8, 4) is 0 Å². The van der Waals surface area contributed by atoms with Crippen LogP contribution in [0.3, 0.4) is 0 Å². The van der Waals surface area contributed by atoms with E-state index in [2.05, 4.69) is 69.3 Å². The molecule has 1 fully saturated rings. The minimum absolute atomic E-state index is 0.0750. The standard InChI is InChI=1S/C32H47NO6Si/c1-31(2,3)39-30(35)33-19-17-29(34)26(25-33)18-20-36-21-22-37-23-24-38-40(32(4,5)6,27-13-9-7-10-14-27)28-15-11-8-12-16-28/h7-16,26H,17-25H2,1-6H3. The summed E-state index contributed by atoms with van der Waals surface area (Å²) in [7, 11) is -2.56. The van der Waals surface area contributed by atoms with Crippen molar-refractivity contribution in [2.75, 3.05) is 46.1 Å². The topological polar surface area (TPSA) is 74.3 Å². The lowest BCUT2D eigenvalue weighted by molar-refractivity contribution is -0.126.